The van der Waals surface area contributed by atoms with Gasteiger partial charge in [-0.1, -0.05) is 12.8 Å². The lowest BCUT2D eigenvalue weighted by Gasteiger charge is -2.29. The van der Waals surface area contributed by atoms with E-state index in [-0.39, 0.29) is 24.8 Å². The van der Waals surface area contributed by atoms with Crippen LogP contribution in [0.25, 0.3) is 0 Å². The standard InChI is InChI=1S/C14H18N2O5/c17-8-4-2-1-3-7-15-12-9-11(16(19)20)5-6-13(12)21-10-14(15)18/h5-6,9,17H,1-4,7-8,10H2. The third-order valence-corrected chi connectivity index (χ3v) is 3.39. The van der Waals surface area contributed by atoms with E-state index >= 15 is 0 Å². The predicted molar refractivity (Wildman–Crippen MR) is 76.5 cm³/mol. The van der Waals surface area contributed by atoms with Crippen molar-refractivity contribution in [1.29, 1.82) is 0 Å². The molecule has 0 bridgehead atoms. The molecule has 1 aromatic rings. The van der Waals surface area contributed by atoms with E-state index in [1.165, 1.54) is 18.2 Å². The molecule has 114 valence electrons. The fourth-order valence-electron chi connectivity index (χ4n) is 2.28. The molecule has 0 aliphatic carbocycles. The Morgan fingerprint density at radius 3 is 2.76 bits per heavy atom. The Labute approximate surface area is 122 Å². The van der Waals surface area contributed by atoms with Crippen LogP contribution in [0.3, 0.4) is 0 Å². The molecule has 0 saturated carbocycles. The number of nitrogens with zero attached hydrogens (tertiary/aromatic N) is 2. The summed E-state index contributed by atoms with van der Waals surface area (Å²) in [7, 11) is 0. The lowest BCUT2D eigenvalue weighted by atomic mass is 10.1. The number of unbranched alkanes of at least 4 members (excludes halogenated alkanes) is 3. The zero-order valence-corrected chi connectivity index (χ0v) is 11.7. The second-order valence-electron chi connectivity index (χ2n) is 4.88. The third kappa shape index (κ3) is 3.69. The third-order valence-electron chi connectivity index (χ3n) is 3.39. The van der Waals surface area contributed by atoms with Crippen molar-refractivity contribution >= 4 is 17.3 Å². The van der Waals surface area contributed by atoms with Crippen molar-refractivity contribution in [3.8, 4) is 5.75 Å². The smallest absolute Gasteiger partial charge is 0.271 e. The number of nitro groups is 1. The minimum absolute atomic E-state index is 0.0402. The molecule has 7 heteroatoms. The number of hydrogen-bond acceptors (Lipinski definition) is 5. The second-order valence-corrected chi connectivity index (χ2v) is 4.88. The van der Waals surface area contributed by atoms with Gasteiger partial charge in [0, 0.05) is 25.3 Å². The van der Waals surface area contributed by atoms with Crippen LogP contribution in [0.15, 0.2) is 18.2 Å². The number of rotatable bonds is 7. The summed E-state index contributed by atoms with van der Waals surface area (Å²) in [5.74, 6) is 0.306. The van der Waals surface area contributed by atoms with Crippen LogP contribution in [0.5, 0.6) is 5.75 Å². The van der Waals surface area contributed by atoms with E-state index in [2.05, 4.69) is 0 Å². The Hall–Kier alpha value is -2.15. The number of nitro benzene ring substituents is 1. The van der Waals surface area contributed by atoms with E-state index in [1.807, 2.05) is 0 Å². The molecule has 1 amide bonds. The van der Waals surface area contributed by atoms with Gasteiger partial charge in [0.25, 0.3) is 11.6 Å². The number of aliphatic hydroxyl groups is 1. The highest BCUT2D eigenvalue weighted by Gasteiger charge is 2.27. The van der Waals surface area contributed by atoms with Gasteiger partial charge >= 0.3 is 0 Å². The van der Waals surface area contributed by atoms with Crippen molar-refractivity contribution in [2.75, 3.05) is 24.7 Å². The van der Waals surface area contributed by atoms with Gasteiger partial charge < -0.3 is 14.7 Å². The summed E-state index contributed by atoms with van der Waals surface area (Å²) in [6.07, 6.45) is 3.33. The molecule has 1 aliphatic rings. The highest BCUT2D eigenvalue weighted by molar-refractivity contribution is 5.98. The first-order valence-corrected chi connectivity index (χ1v) is 6.96. The molecule has 1 N–H and O–H groups in total. The summed E-state index contributed by atoms with van der Waals surface area (Å²) >= 11 is 0. The maximum absolute atomic E-state index is 11.9. The van der Waals surface area contributed by atoms with Crippen LogP contribution >= 0.6 is 0 Å². The Morgan fingerprint density at radius 1 is 1.29 bits per heavy atom. The van der Waals surface area contributed by atoms with Crippen LogP contribution < -0.4 is 9.64 Å². The summed E-state index contributed by atoms with van der Waals surface area (Å²) in [5.41, 5.74) is 0.403. The van der Waals surface area contributed by atoms with Crippen molar-refractivity contribution in [3.05, 3.63) is 28.3 Å². The molecule has 1 heterocycles. The van der Waals surface area contributed by atoms with E-state index in [0.29, 0.717) is 18.0 Å². The van der Waals surface area contributed by atoms with Crippen molar-refractivity contribution in [2.24, 2.45) is 0 Å². The van der Waals surface area contributed by atoms with Gasteiger partial charge in [-0.3, -0.25) is 14.9 Å². The quantitative estimate of drug-likeness (QED) is 0.471. The number of fused-ring (bicyclic) bond motifs is 1. The maximum atomic E-state index is 11.9. The first kappa shape index (κ1) is 15.2. The minimum Gasteiger partial charge on any atom is -0.482 e. The zero-order valence-electron chi connectivity index (χ0n) is 11.7. The van der Waals surface area contributed by atoms with Crippen LogP contribution in [-0.4, -0.2) is 35.7 Å². The van der Waals surface area contributed by atoms with Gasteiger partial charge in [0.1, 0.15) is 5.75 Å². The van der Waals surface area contributed by atoms with Gasteiger partial charge in [-0.05, 0) is 18.9 Å². The molecule has 7 nitrogen and oxygen atoms in total. The van der Waals surface area contributed by atoms with Gasteiger partial charge in [-0.15, -0.1) is 0 Å². The first-order chi connectivity index (χ1) is 10.1. The molecule has 1 aromatic carbocycles. The van der Waals surface area contributed by atoms with Crippen LogP contribution in [0.1, 0.15) is 25.7 Å². The molecular formula is C14H18N2O5. The van der Waals surface area contributed by atoms with E-state index in [0.717, 1.165) is 25.7 Å². The number of aliphatic hydroxyl groups excluding tert-OH is 1. The van der Waals surface area contributed by atoms with Crippen LogP contribution in [0.4, 0.5) is 11.4 Å². The van der Waals surface area contributed by atoms with Gasteiger partial charge in [0.2, 0.25) is 0 Å². The largest absolute Gasteiger partial charge is 0.482 e. The van der Waals surface area contributed by atoms with Crippen LogP contribution in [-0.2, 0) is 4.79 Å². The molecule has 0 spiro atoms. The number of benzene rings is 1. The summed E-state index contributed by atoms with van der Waals surface area (Å²) in [6, 6.07) is 4.27. The fraction of sp³-hybridized carbons (Fsp3) is 0.500. The summed E-state index contributed by atoms with van der Waals surface area (Å²) in [5, 5.41) is 19.6. The lowest BCUT2D eigenvalue weighted by molar-refractivity contribution is -0.384. The van der Waals surface area contributed by atoms with Crippen molar-refractivity contribution < 1.29 is 19.6 Å². The normalized spacial score (nSPS) is 13.8. The average molecular weight is 294 g/mol. The topological polar surface area (TPSA) is 92.9 Å². The number of ether oxygens (including phenoxy) is 1. The molecule has 0 saturated heterocycles. The van der Waals surface area contributed by atoms with E-state index in [1.54, 1.807) is 4.90 Å². The highest BCUT2D eigenvalue weighted by atomic mass is 16.6. The monoisotopic (exact) mass is 294 g/mol. The number of hydrogen-bond donors (Lipinski definition) is 1. The molecule has 21 heavy (non-hydrogen) atoms. The number of carbonyl (C=O) groups excluding carboxylic acids is 1. The van der Waals surface area contributed by atoms with E-state index in [9.17, 15) is 14.9 Å². The molecule has 0 aromatic heterocycles. The Bertz CT molecular complexity index is 532. The number of anilines is 1. The predicted octanol–water partition coefficient (Wildman–Crippen LogP) is 1.87. The molecule has 0 atom stereocenters. The second kappa shape index (κ2) is 7.03. The lowest BCUT2D eigenvalue weighted by Crippen LogP contribution is -2.39. The Morgan fingerprint density at radius 2 is 2.05 bits per heavy atom. The van der Waals surface area contributed by atoms with Crippen molar-refractivity contribution in [2.45, 2.75) is 25.7 Å². The zero-order chi connectivity index (χ0) is 15.2. The van der Waals surface area contributed by atoms with E-state index in [4.69, 9.17) is 9.84 Å². The van der Waals surface area contributed by atoms with Gasteiger partial charge in [-0.25, -0.2) is 0 Å². The number of amides is 1. The molecule has 0 fully saturated rings. The molecule has 0 radical (unpaired) electrons. The summed E-state index contributed by atoms with van der Waals surface area (Å²) in [4.78, 5) is 23.9. The summed E-state index contributed by atoms with van der Waals surface area (Å²) < 4.78 is 5.30. The molecule has 0 unspecified atom stereocenters. The number of carbonyl (C=O) groups is 1. The average Bonchev–Trinajstić information content (AvgIpc) is 2.48. The highest BCUT2D eigenvalue weighted by Crippen LogP contribution is 2.35. The Kier molecular flexibility index (Phi) is 5.10. The van der Waals surface area contributed by atoms with Gasteiger partial charge in [0.05, 0.1) is 10.6 Å². The first-order valence-electron chi connectivity index (χ1n) is 6.96. The van der Waals surface area contributed by atoms with Gasteiger partial charge in [-0.2, -0.15) is 0 Å². The molecule has 2 rings (SSSR count). The van der Waals surface area contributed by atoms with Crippen molar-refractivity contribution in [1.82, 2.24) is 0 Å². The molecular weight excluding hydrogens is 276 g/mol. The van der Waals surface area contributed by atoms with Crippen LogP contribution in [0.2, 0.25) is 0 Å². The molecule has 1 aliphatic heterocycles. The fourth-order valence-corrected chi connectivity index (χ4v) is 2.28. The number of non-ortho nitro benzene ring substituents is 1. The Balaban J connectivity index is 2.09. The summed E-state index contributed by atoms with van der Waals surface area (Å²) in [6.45, 7) is 0.634. The maximum Gasteiger partial charge on any atom is 0.271 e. The SMILES string of the molecule is O=C1COc2ccc([N+](=O)[O-])cc2N1CCCCCCO. The van der Waals surface area contributed by atoms with E-state index < -0.39 is 4.92 Å². The van der Waals surface area contributed by atoms with Crippen molar-refractivity contribution in [3.63, 3.8) is 0 Å². The van der Waals surface area contributed by atoms with Gasteiger partial charge in [0.15, 0.2) is 6.61 Å². The van der Waals surface area contributed by atoms with Crippen LogP contribution in [0, 0.1) is 10.1 Å². The minimum atomic E-state index is -0.487.